The molecule has 0 bridgehead atoms. The van der Waals surface area contributed by atoms with Gasteiger partial charge in [-0.3, -0.25) is 0 Å². The van der Waals surface area contributed by atoms with Gasteiger partial charge in [0.1, 0.15) is 13.2 Å². The second-order valence-electron chi connectivity index (χ2n) is 12.2. The molecule has 4 aliphatic rings. The van der Waals surface area contributed by atoms with Gasteiger partial charge in [-0.15, -0.1) is 0 Å². The van der Waals surface area contributed by atoms with Crippen LogP contribution >= 0.6 is 0 Å². The lowest BCUT2D eigenvalue weighted by atomic mass is 9.76. The number of hydrogen-bond acceptors (Lipinski definition) is 6. The Balaban J connectivity index is 0.000000168. The number of carbonyl (C=O) groups is 2. The Morgan fingerprint density at radius 2 is 1.00 bits per heavy atom. The third-order valence-electron chi connectivity index (χ3n) is 9.53. The lowest BCUT2D eigenvalue weighted by Gasteiger charge is -2.45. The number of ether oxygens (including phenoxy) is 2. The van der Waals surface area contributed by atoms with Crippen molar-refractivity contribution in [3.8, 4) is 0 Å². The summed E-state index contributed by atoms with van der Waals surface area (Å²) in [6.45, 7) is 2.13. The van der Waals surface area contributed by atoms with E-state index in [1.54, 1.807) is 0 Å². The normalized spacial score (nSPS) is 28.8. The molecule has 8 nitrogen and oxygen atoms in total. The second-order valence-corrected chi connectivity index (χ2v) is 12.2. The number of aliphatic hydroxyl groups is 2. The van der Waals surface area contributed by atoms with Crippen LogP contribution in [0.5, 0.6) is 0 Å². The zero-order chi connectivity index (χ0) is 29.3. The molecule has 6 atom stereocenters. The van der Waals surface area contributed by atoms with E-state index in [0.717, 1.165) is 88.4 Å². The molecule has 2 amide bonds. The zero-order valence-electron chi connectivity index (χ0n) is 24.6. The zero-order valence-corrected chi connectivity index (χ0v) is 24.6. The summed E-state index contributed by atoms with van der Waals surface area (Å²) in [4.78, 5) is 28.4. The highest BCUT2D eigenvalue weighted by atomic mass is 16.6. The monoisotopic (exact) mass is 578 g/mol. The van der Waals surface area contributed by atoms with Crippen LogP contribution in [0.1, 0.15) is 75.3 Å². The number of carbonyl (C=O) groups excluding carboxylic acids is 2. The fourth-order valence-electron chi connectivity index (χ4n) is 7.37. The van der Waals surface area contributed by atoms with Crippen molar-refractivity contribution < 1.29 is 29.3 Å². The number of nitrogens with zero attached hydrogens (tertiary/aromatic N) is 2. The Hall–Kier alpha value is -3.10. The van der Waals surface area contributed by atoms with E-state index in [0.29, 0.717) is 13.2 Å². The minimum absolute atomic E-state index is 0.158. The topological polar surface area (TPSA) is 99.5 Å². The van der Waals surface area contributed by atoms with Crippen LogP contribution in [0.15, 0.2) is 60.7 Å². The predicted octanol–water partition coefficient (Wildman–Crippen LogP) is 5.90. The molecule has 4 fully saturated rings. The highest BCUT2D eigenvalue weighted by molar-refractivity contribution is 5.68. The summed E-state index contributed by atoms with van der Waals surface area (Å²) >= 11 is 0. The molecule has 0 unspecified atom stereocenters. The first-order valence-electron chi connectivity index (χ1n) is 15.8. The van der Waals surface area contributed by atoms with Gasteiger partial charge < -0.3 is 29.5 Å². The Labute approximate surface area is 249 Å². The molecule has 0 spiro atoms. The van der Waals surface area contributed by atoms with Gasteiger partial charge in [0.25, 0.3) is 0 Å². The summed E-state index contributed by atoms with van der Waals surface area (Å²) in [7, 11) is 0. The van der Waals surface area contributed by atoms with Gasteiger partial charge in [-0.2, -0.15) is 0 Å². The molecule has 0 radical (unpaired) electrons. The molecule has 2 aromatic rings. The molecule has 6 rings (SSSR count). The molecule has 2 aliphatic heterocycles. The number of piperidine rings is 2. The van der Waals surface area contributed by atoms with Gasteiger partial charge in [0.15, 0.2) is 0 Å². The Bertz CT molecular complexity index is 1040. The molecule has 2 heterocycles. The van der Waals surface area contributed by atoms with Crippen molar-refractivity contribution in [1.82, 2.24) is 9.80 Å². The first-order chi connectivity index (χ1) is 20.5. The molecule has 2 saturated carbocycles. The fraction of sp³-hybridized carbons (Fsp3) is 0.588. The summed E-state index contributed by atoms with van der Waals surface area (Å²) in [5, 5.41) is 20.3. The summed E-state index contributed by atoms with van der Waals surface area (Å²) in [6.07, 6.45) is 8.68. The Morgan fingerprint density at radius 1 is 0.595 bits per heavy atom. The van der Waals surface area contributed by atoms with Crippen molar-refractivity contribution in [2.45, 2.75) is 102 Å². The summed E-state index contributed by atoms with van der Waals surface area (Å²) in [6, 6.07) is 19.8. The Kier molecular flexibility index (Phi) is 10.8. The van der Waals surface area contributed by atoms with E-state index in [9.17, 15) is 19.8 Å². The van der Waals surface area contributed by atoms with Crippen LogP contribution in [-0.4, -0.2) is 69.6 Å². The van der Waals surface area contributed by atoms with Gasteiger partial charge in [0, 0.05) is 37.0 Å². The lowest BCUT2D eigenvalue weighted by Crippen LogP contribution is -2.53. The van der Waals surface area contributed by atoms with Crippen molar-refractivity contribution >= 4 is 12.2 Å². The average molecular weight is 579 g/mol. The quantitative estimate of drug-likeness (QED) is 0.469. The SMILES string of the molecule is O=C(OCc1ccccc1)N1CCC[C@@H]2[C@H](O)CCC[C@@H]21.O=C(OCc1ccccc1)N1CCC[C@@H]2[C@H]1CCC[C@@H]2O. The van der Waals surface area contributed by atoms with E-state index in [-0.39, 0.29) is 48.3 Å². The van der Waals surface area contributed by atoms with Crippen LogP contribution in [-0.2, 0) is 22.7 Å². The van der Waals surface area contributed by atoms with E-state index in [1.165, 1.54) is 0 Å². The maximum Gasteiger partial charge on any atom is 0.410 e. The standard InChI is InChI=1S/2C17H23NO3/c2*19-16-10-4-9-15-14(16)8-5-11-18(15)17(20)21-12-13-6-2-1-3-7-13/h2*1-3,6-7,14-16,19H,4-5,8-12H2/t2*14-,15-,16+/m10/s1. The fourth-order valence-corrected chi connectivity index (χ4v) is 7.37. The largest absolute Gasteiger partial charge is 0.445 e. The summed E-state index contributed by atoms with van der Waals surface area (Å²) < 4.78 is 10.9. The van der Waals surface area contributed by atoms with Gasteiger partial charge in [0.05, 0.1) is 12.2 Å². The van der Waals surface area contributed by atoms with Crippen molar-refractivity contribution in [3.63, 3.8) is 0 Å². The number of rotatable bonds is 4. The molecule has 2 aliphatic carbocycles. The third-order valence-corrected chi connectivity index (χ3v) is 9.53. The smallest absolute Gasteiger partial charge is 0.410 e. The molecular formula is C34H46N2O6. The number of likely N-dealkylation sites (tertiary alicyclic amines) is 2. The van der Waals surface area contributed by atoms with Gasteiger partial charge in [-0.1, -0.05) is 60.7 Å². The molecule has 2 aromatic carbocycles. The van der Waals surface area contributed by atoms with E-state index in [2.05, 4.69) is 0 Å². The minimum atomic E-state index is -0.256. The van der Waals surface area contributed by atoms with Gasteiger partial charge in [-0.25, -0.2) is 9.59 Å². The number of amides is 2. The van der Waals surface area contributed by atoms with Crippen LogP contribution in [0.3, 0.4) is 0 Å². The van der Waals surface area contributed by atoms with Crippen LogP contribution < -0.4 is 0 Å². The van der Waals surface area contributed by atoms with Gasteiger partial charge >= 0.3 is 12.2 Å². The summed E-state index contributed by atoms with van der Waals surface area (Å²) in [5.74, 6) is 0.466. The van der Waals surface area contributed by atoms with Crippen LogP contribution in [0.25, 0.3) is 0 Å². The molecule has 42 heavy (non-hydrogen) atoms. The van der Waals surface area contributed by atoms with Gasteiger partial charge in [-0.05, 0) is 75.3 Å². The lowest BCUT2D eigenvalue weighted by molar-refractivity contribution is -0.0269. The third kappa shape index (κ3) is 7.64. The molecule has 0 aromatic heterocycles. The maximum absolute atomic E-state index is 12.4. The van der Waals surface area contributed by atoms with Gasteiger partial charge in [0.2, 0.25) is 0 Å². The van der Waals surface area contributed by atoms with E-state index in [1.807, 2.05) is 70.5 Å². The minimum Gasteiger partial charge on any atom is -0.445 e. The van der Waals surface area contributed by atoms with Crippen molar-refractivity contribution in [2.24, 2.45) is 11.8 Å². The number of hydrogen-bond donors (Lipinski definition) is 2. The maximum atomic E-state index is 12.4. The van der Waals surface area contributed by atoms with E-state index in [4.69, 9.17) is 9.47 Å². The molecule has 228 valence electrons. The first-order valence-corrected chi connectivity index (χ1v) is 15.8. The Morgan fingerprint density at radius 3 is 1.40 bits per heavy atom. The van der Waals surface area contributed by atoms with Crippen molar-refractivity contribution in [3.05, 3.63) is 71.8 Å². The second kappa shape index (κ2) is 14.9. The van der Waals surface area contributed by atoms with E-state index < -0.39 is 0 Å². The highest BCUT2D eigenvalue weighted by Gasteiger charge is 2.42. The molecule has 2 saturated heterocycles. The molecular weight excluding hydrogens is 532 g/mol. The predicted molar refractivity (Wildman–Crippen MR) is 159 cm³/mol. The van der Waals surface area contributed by atoms with Crippen molar-refractivity contribution in [2.75, 3.05) is 13.1 Å². The molecule has 8 heteroatoms. The van der Waals surface area contributed by atoms with Crippen LogP contribution in [0, 0.1) is 11.8 Å². The first kappa shape index (κ1) is 30.4. The number of benzene rings is 2. The van der Waals surface area contributed by atoms with E-state index >= 15 is 0 Å². The van der Waals surface area contributed by atoms with Crippen molar-refractivity contribution in [1.29, 1.82) is 0 Å². The number of fused-ring (bicyclic) bond motifs is 2. The average Bonchev–Trinajstić information content (AvgIpc) is 3.04. The van der Waals surface area contributed by atoms with Crippen LogP contribution in [0.4, 0.5) is 9.59 Å². The number of aliphatic hydroxyl groups excluding tert-OH is 2. The van der Waals surface area contributed by atoms with Crippen LogP contribution in [0.2, 0.25) is 0 Å². The molecule has 2 N–H and O–H groups in total. The highest BCUT2D eigenvalue weighted by Crippen LogP contribution is 2.37. The summed E-state index contributed by atoms with van der Waals surface area (Å²) in [5.41, 5.74) is 2.01.